The molecular formula is C12H14S. The second-order valence-electron chi connectivity index (χ2n) is 4.14. The Balaban J connectivity index is 2.06. The fraction of sp³-hybridized carbons (Fsp3) is 0.500. The SMILES string of the molecule is c1ccc2c(c1)SC1CCCC2C1. The average Bonchev–Trinajstić information content (AvgIpc) is 2.18. The molecule has 1 aliphatic heterocycles. The van der Waals surface area contributed by atoms with Gasteiger partial charge in [0.2, 0.25) is 0 Å². The fourth-order valence-corrected chi connectivity index (χ4v) is 4.14. The average molecular weight is 190 g/mol. The Morgan fingerprint density at radius 1 is 1.15 bits per heavy atom. The molecule has 2 bridgehead atoms. The van der Waals surface area contributed by atoms with Crippen molar-refractivity contribution in [3.05, 3.63) is 29.8 Å². The van der Waals surface area contributed by atoms with Crippen LogP contribution in [0.3, 0.4) is 0 Å². The van der Waals surface area contributed by atoms with Crippen LogP contribution in [0.4, 0.5) is 0 Å². The highest BCUT2D eigenvalue weighted by Gasteiger charge is 2.30. The Morgan fingerprint density at radius 3 is 3.08 bits per heavy atom. The minimum atomic E-state index is 0.885. The maximum Gasteiger partial charge on any atom is 0.0110 e. The van der Waals surface area contributed by atoms with Crippen molar-refractivity contribution in [3.63, 3.8) is 0 Å². The predicted octanol–water partition coefficient (Wildman–Crippen LogP) is 3.82. The van der Waals surface area contributed by atoms with Crippen molar-refractivity contribution in [2.24, 2.45) is 0 Å². The van der Waals surface area contributed by atoms with Crippen LogP contribution in [0.2, 0.25) is 0 Å². The Kier molecular flexibility index (Phi) is 1.86. The summed E-state index contributed by atoms with van der Waals surface area (Å²) in [6, 6.07) is 8.99. The Labute approximate surface area is 83.7 Å². The van der Waals surface area contributed by atoms with Crippen LogP contribution in [0.15, 0.2) is 29.2 Å². The molecule has 1 aromatic carbocycles. The fourth-order valence-electron chi connectivity index (χ4n) is 2.64. The molecule has 3 rings (SSSR count). The molecule has 0 nitrogen and oxygen atoms in total. The van der Waals surface area contributed by atoms with Gasteiger partial charge in [-0.25, -0.2) is 0 Å². The molecule has 1 saturated carbocycles. The number of hydrogen-bond donors (Lipinski definition) is 0. The molecule has 1 aliphatic carbocycles. The summed E-state index contributed by atoms with van der Waals surface area (Å²) in [5.41, 5.74) is 1.63. The molecule has 1 heterocycles. The van der Waals surface area contributed by atoms with Crippen molar-refractivity contribution in [1.29, 1.82) is 0 Å². The predicted molar refractivity (Wildman–Crippen MR) is 57.3 cm³/mol. The minimum absolute atomic E-state index is 0.885. The van der Waals surface area contributed by atoms with Crippen LogP contribution < -0.4 is 0 Å². The lowest BCUT2D eigenvalue weighted by molar-refractivity contribution is 0.441. The van der Waals surface area contributed by atoms with Crippen LogP contribution in [0.1, 0.15) is 37.2 Å². The van der Waals surface area contributed by atoms with E-state index in [9.17, 15) is 0 Å². The van der Waals surface area contributed by atoms with Gasteiger partial charge in [-0.1, -0.05) is 24.6 Å². The van der Waals surface area contributed by atoms with Crippen molar-refractivity contribution < 1.29 is 0 Å². The van der Waals surface area contributed by atoms with E-state index in [1.165, 1.54) is 25.7 Å². The van der Waals surface area contributed by atoms with E-state index in [4.69, 9.17) is 0 Å². The maximum atomic E-state index is 2.33. The van der Waals surface area contributed by atoms with Crippen molar-refractivity contribution in [2.45, 2.75) is 41.7 Å². The summed E-state index contributed by atoms with van der Waals surface area (Å²) in [5, 5.41) is 0.925. The van der Waals surface area contributed by atoms with E-state index >= 15 is 0 Å². The summed E-state index contributed by atoms with van der Waals surface area (Å²) in [5.74, 6) is 0.885. The molecule has 1 aromatic rings. The third-order valence-corrected chi connectivity index (χ3v) is 4.67. The third kappa shape index (κ3) is 1.30. The first kappa shape index (κ1) is 7.93. The minimum Gasteiger partial charge on any atom is -0.122 e. The molecule has 2 atom stereocenters. The van der Waals surface area contributed by atoms with Crippen molar-refractivity contribution in [2.75, 3.05) is 0 Å². The van der Waals surface area contributed by atoms with Gasteiger partial charge in [-0.2, -0.15) is 0 Å². The van der Waals surface area contributed by atoms with Gasteiger partial charge in [0.15, 0.2) is 0 Å². The van der Waals surface area contributed by atoms with Gasteiger partial charge in [-0.15, -0.1) is 11.8 Å². The van der Waals surface area contributed by atoms with Crippen LogP contribution in [0, 0.1) is 0 Å². The molecule has 1 heteroatoms. The zero-order chi connectivity index (χ0) is 8.67. The molecule has 0 saturated heterocycles. The lowest BCUT2D eigenvalue weighted by atomic mass is 9.83. The smallest absolute Gasteiger partial charge is 0.0110 e. The van der Waals surface area contributed by atoms with Gasteiger partial charge in [-0.05, 0) is 36.8 Å². The van der Waals surface area contributed by atoms with Crippen LogP contribution in [0.25, 0.3) is 0 Å². The molecule has 2 aliphatic rings. The third-order valence-electron chi connectivity index (χ3n) is 3.28. The number of thioether (sulfide) groups is 1. The molecule has 0 radical (unpaired) electrons. The van der Waals surface area contributed by atoms with Crippen LogP contribution >= 0.6 is 11.8 Å². The summed E-state index contributed by atoms with van der Waals surface area (Å²) in [7, 11) is 0. The van der Waals surface area contributed by atoms with Gasteiger partial charge < -0.3 is 0 Å². The summed E-state index contributed by atoms with van der Waals surface area (Å²) in [6.07, 6.45) is 5.74. The van der Waals surface area contributed by atoms with Crippen LogP contribution in [-0.4, -0.2) is 5.25 Å². The number of fused-ring (bicyclic) bond motifs is 4. The molecule has 1 fully saturated rings. The van der Waals surface area contributed by atoms with E-state index in [2.05, 4.69) is 36.0 Å². The molecular weight excluding hydrogens is 176 g/mol. The van der Waals surface area contributed by atoms with E-state index < -0.39 is 0 Å². The van der Waals surface area contributed by atoms with Gasteiger partial charge in [0.05, 0.1) is 0 Å². The first-order chi connectivity index (χ1) is 6.43. The number of rotatable bonds is 0. The molecule has 0 N–H and O–H groups in total. The van der Waals surface area contributed by atoms with E-state index in [-0.39, 0.29) is 0 Å². The second kappa shape index (κ2) is 3.06. The van der Waals surface area contributed by atoms with E-state index in [1.54, 1.807) is 10.5 Å². The molecule has 2 unspecified atom stereocenters. The second-order valence-corrected chi connectivity index (χ2v) is 5.48. The number of benzene rings is 1. The lowest BCUT2D eigenvalue weighted by Gasteiger charge is -2.35. The van der Waals surface area contributed by atoms with Gasteiger partial charge in [-0.3, -0.25) is 0 Å². The summed E-state index contributed by atoms with van der Waals surface area (Å²) < 4.78 is 0. The Hall–Kier alpha value is -0.430. The zero-order valence-electron chi connectivity index (χ0n) is 7.70. The molecule has 0 amide bonds. The summed E-state index contributed by atoms with van der Waals surface area (Å²) in [6.45, 7) is 0. The quantitative estimate of drug-likeness (QED) is 0.599. The molecule has 0 spiro atoms. The molecule has 0 aromatic heterocycles. The zero-order valence-corrected chi connectivity index (χ0v) is 8.52. The van der Waals surface area contributed by atoms with Crippen molar-refractivity contribution in [3.8, 4) is 0 Å². The monoisotopic (exact) mass is 190 g/mol. The van der Waals surface area contributed by atoms with E-state index in [0.29, 0.717) is 0 Å². The first-order valence-corrected chi connectivity index (χ1v) is 6.07. The van der Waals surface area contributed by atoms with Gasteiger partial charge in [0.25, 0.3) is 0 Å². The lowest BCUT2D eigenvalue weighted by Crippen LogP contribution is -2.20. The number of hydrogen-bond acceptors (Lipinski definition) is 1. The van der Waals surface area contributed by atoms with Gasteiger partial charge >= 0.3 is 0 Å². The summed E-state index contributed by atoms with van der Waals surface area (Å²) in [4.78, 5) is 1.56. The van der Waals surface area contributed by atoms with E-state index in [1.807, 2.05) is 0 Å². The standard InChI is InChI=1S/C12H14S/c1-2-7-12-11(6-1)9-4-3-5-10(8-9)13-12/h1-2,6-7,9-10H,3-5,8H2. The highest BCUT2D eigenvalue weighted by atomic mass is 32.2. The Morgan fingerprint density at radius 2 is 2.08 bits per heavy atom. The normalized spacial score (nSPS) is 31.1. The van der Waals surface area contributed by atoms with Crippen molar-refractivity contribution >= 4 is 11.8 Å². The molecule has 13 heavy (non-hydrogen) atoms. The highest BCUT2D eigenvalue weighted by molar-refractivity contribution is 8.00. The van der Waals surface area contributed by atoms with Gasteiger partial charge in [0.1, 0.15) is 0 Å². The molecule has 68 valence electrons. The Bertz CT molecular complexity index is 319. The van der Waals surface area contributed by atoms with Crippen LogP contribution in [-0.2, 0) is 0 Å². The topological polar surface area (TPSA) is 0 Å². The first-order valence-electron chi connectivity index (χ1n) is 5.19. The van der Waals surface area contributed by atoms with E-state index in [0.717, 1.165) is 11.2 Å². The largest absolute Gasteiger partial charge is 0.122 e. The summed E-state index contributed by atoms with van der Waals surface area (Å²) >= 11 is 2.11. The van der Waals surface area contributed by atoms with Crippen LogP contribution in [0.5, 0.6) is 0 Å². The van der Waals surface area contributed by atoms with Gasteiger partial charge in [0, 0.05) is 10.1 Å². The highest BCUT2D eigenvalue weighted by Crippen LogP contribution is 2.48. The van der Waals surface area contributed by atoms with Crippen molar-refractivity contribution in [1.82, 2.24) is 0 Å². The maximum absolute atomic E-state index is 2.33.